The highest BCUT2D eigenvalue weighted by Gasteiger charge is 2.21. The Morgan fingerprint density at radius 2 is 1.65 bits per heavy atom. The first kappa shape index (κ1) is 18.4. The molecule has 2 aromatic rings. The predicted octanol–water partition coefficient (Wildman–Crippen LogP) is 2.47. The Labute approximate surface area is 154 Å². The number of rotatable bonds is 4. The molecule has 0 atom stereocenters. The third-order valence-corrected chi connectivity index (χ3v) is 5.47. The largest absolute Gasteiger partial charge is 0.497 e. The van der Waals surface area contributed by atoms with Crippen LogP contribution in [0.3, 0.4) is 0 Å². The number of hydrogen-bond acceptors (Lipinski definition) is 4. The zero-order valence-corrected chi connectivity index (χ0v) is 15.7. The third kappa shape index (κ3) is 4.23. The van der Waals surface area contributed by atoms with Crippen molar-refractivity contribution in [2.45, 2.75) is 11.8 Å². The number of benzene rings is 2. The van der Waals surface area contributed by atoms with Crippen LogP contribution in [0.25, 0.3) is 0 Å². The van der Waals surface area contributed by atoms with E-state index >= 15 is 0 Å². The first-order valence-electron chi connectivity index (χ1n) is 8.38. The SMILES string of the molecule is COc1ccc(/C(=N\S(=O)(=O)c2ccc(C)cc2)N2CCOCC2)cc1. The molecular weight excluding hydrogens is 352 g/mol. The molecule has 2 aromatic carbocycles. The van der Waals surface area contributed by atoms with Crippen LogP contribution in [0.15, 0.2) is 57.8 Å². The van der Waals surface area contributed by atoms with Crippen molar-refractivity contribution in [1.29, 1.82) is 0 Å². The molecule has 0 amide bonds. The average molecular weight is 374 g/mol. The van der Waals surface area contributed by atoms with E-state index in [0.717, 1.165) is 11.1 Å². The van der Waals surface area contributed by atoms with Crippen LogP contribution in [0, 0.1) is 6.92 Å². The summed E-state index contributed by atoms with van der Waals surface area (Å²) in [7, 11) is -2.22. The van der Waals surface area contributed by atoms with E-state index in [4.69, 9.17) is 9.47 Å². The van der Waals surface area contributed by atoms with Crippen molar-refractivity contribution < 1.29 is 17.9 Å². The third-order valence-electron chi connectivity index (χ3n) is 4.18. The van der Waals surface area contributed by atoms with Gasteiger partial charge < -0.3 is 14.4 Å². The van der Waals surface area contributed by atoms with Gasteiger partial charge >= 0.3 is 0 Å². The molecule has 1 aliphatic rings. The van der Waals surface area contributed by atoms with Crippen molar-refractivity contribution in [3.05, 3.63) is 59.7 Å². The molecule has 1 heterocycles. The van der Waals surface area contributed by atoms with Crippen LogP contribution in [-0.2, 0) is 14.8 Å². The van der Waals surface area contributed by atoms with Crippen molar-refractivity contribution in [3.8, 4) is 5.75 Å². The van der Waals surface area contributed by atoms with Gasteiger partial charge in [-0.15, -0.1) is 4.40 Å². The van der Waals surface area contributed by atoms with Crippen LogP contribution in [0.4, 0.5) is 0 Å². The Kier molecular flexibility index (Phi) is 5.58. The van der Waals surface area contributed by atoms with E-state index in [1.807, 2.05) is 24.0 Å². The Morgan fingerprint density at radius 3 is 2.23 bits per heavy atom. The average Bonchev–Trinajstić information content (AvgIpc) is 2.67. The zero-order valence-electron chi connectivity index (χ0n) is 14.9. The van der Waals surface area contributed by atoms with E-state index in [-0.39, 0.29) is 4.90 Å². The van der Waals surface area contributed by atoms with Crippen LogP contribution >= 0.6 is 0 Å². The van der Waals surface area contributed by atoms with Crippen molar-refractivity contribution in [2.75, 3.05) is 33.4 Å². The summed E-state index contributed by atoms with van der Waals surface area (Å²) in [5.41, 5.74) is 1.72. The Hall–Kier alpha value is -2.38. The summed E-state index contributed by atoms with van der Waals surface area (Å²) in [6, 6.07) is 13.9. The molecular formula is C19H22N2O4S. The molecule has 0 radical (unpaired) electrons. The van der Waals surface area contributed by atoms with Crippen molar-refractivity contribution in [3.63, 3.8) is 0 Å². The first-order valence-corrected chi connectivity index (χ1v) is 9.82. The first-order chi connectivity index (χ1) is 12.5. The fourth-order valence-corrected chi connectivity index (χ4v) is 3.72. The van der Waals surface area contributed by atoms with Crippen LogP contribution < -0.4 is 4.74 Å². The fraction of sp³-hybridized carbons (Fsp3) is 0.316. The van der Waals surface area contributed by atoms with E-state index in [0.29, 0.717) is 37.9 Å². The van der Waals surface area contributed by atoms with E-state index in [9.17, 15) is 8.42 Å². The second-order valence-corrected chi connectivity index (χ2v) is 7.64. The maximum absolute atomic E-state index is 12.8. The molecule has 1 aliphatic heterocycles. The molecule has 0 N–H and O–H groups in total. The summed E-state index contributed by atoms with van der Waals surface area (Å²) in [5.74, 6) is 1.13. The quantitative estimate of drug-likeness (QED) is 0.607. The van der Waals surface area contributed by atoms with Crippen molar-refractivity contribution in [1.82, 2.24) is 4.90 Å². The van der Waals surface area contributed by atoms with Crippen molar-refractivity contribution >= 4 is 15.9 Å². The van der Waals surface area contributed by atoms with E-state index < -0.39 is 10.0 Å². The van der Waals surface area contributed by atoms with Gasteiger partial charge in [-0.1, -0.05) is 17.7 Å². The maximum Gasteiger partial charge on any atom is 0.284 e. The van der Waals surface area contributed by atoms with E-state index in [1.54, 1.807) is 43.5 Å². The second-order valence-electron chi connectivity index (χ2n) is 6.03. The van der Waals surface area contributed by atoms with Crippen LogP contribution in [0.1, 0.15) is 11.1 Å². The molecule has 1 fully saturated rings. The minimum atomic E-state index is -3.82. The molecule has 1 saturated heterocycles. The molecule has 6 nitrogen and oxygen atoms in total. The van der Waals surface area contributed by atoms with Crippen LogP contribution in [0.5, 0.6) is 5.75 Å². The lowest BCUT2D eigenvalue weighted by Crippen LogP contribution is -2.41. The summed E-state index contributed by atoms with van der Waals surface area (Å²) in [6.07, 6.45) is 0. The molecule has 7 heteroatoms. The Balaban J connectivity index is 2.03. The standard InChI is InChI=1S/C19H22N2O4S/c1-15-3-9-18(10-4-15)26(22,23)20-19(21-11-13-25-14-12-21)16-5-7-17(24-2)8-6-16/h3-10H,11-14H2,1-2H3/b20-19+. The van der Waals surface area contributed by atoms with E-state index in [2.05, 4.69) is 4.40 Å². The Morgan fingerprint density at radius 1 is 1.04 bits per heavy atom. The van der Waals surface area contributed by atoms with Gasteiger partial charge in [-0.2, -0.15) is 8.42 Å². The number of nitrogens with zero attached hydrogens (tertiary/aromatic N) is 2. The number of morpholine rings is 1. The van der Waals surface area contributed by atoms with Gasteiger partial charge in [-0.05, 0) is 43.3 Å². The molecule has 0 unspecified atom stereocenters. The summed E-state index contributed by atoms with van der Waals surface area (Å²) in [6.45, 7) is 4.18. The Bertz CT molecular complexity index is 869. The predicted molar refractivity (Wildman–Crippen MR) is 100 cm³/mol. The highest BCUT2D eigenvalue weighted by atomic mass is 32.2. The molecule has 0 bridgehead atoms. The van der Waals surface area contributed by atoms with Gasteiger partial charge in [0.15, 0.2) is 0 Å². The number of amidine groups is 1. The van der Waals surface area contributed by atoms with Crippen LogP contribution in [-0.4, -0.2) is 52.6 Å². The number of methoxy groups -OCH3 is 1. The number of aryl methyl sites for hydroxylation is 1. The normalized spacial score (nSPS) is 15.8. The van der Waals surface area contributed by atoms with Gasteiger partial charge in [-0.3, -0.25) is 0 Å². The number of sulfonamides is 1. The molecule has 0 aliphatic carbocycles. The van der Waals surface area contributed by atoms with Gasteiger partial charge in [0.1, 0.15) is 11.6 Å². The summed E-state index contributed by atoms with van der Waals surface area (Å²) >= 11 is 0. The van der Waals surface area contributed by atoms with Crippen molar-refractivity contribution in [2.24, 2.45) is 4.40 Å². The number of ether oxygens (including phenoxy) is 2. The van der Waals surface area contributed by atoms with Gasteiger partial charge in [0.2, 0.25) is 0 Å². The molecule has 26 heavy (non-hydrogen) atoms. The minimum absolute atomic E-state index is 0.183. The summed E-state index contributed by atoms with van der Waals surface area (Å²) in [5, 5.41) is 0. The molecule has 138 valence electrons. The van der Waals surface area contributed by atoms with Gasteiger partial charge in [0, 0.05) is 18.7 Å². The van der Waals surface area contributed by atoms with Gasteiger partial charge in [-0.25, -0.2) is 0 Å². The zero-order chi connectivity index (χ0) is 18.6. The molecule has 0 spiro atoms. The summed E-state index contributed by atoms with van der Waals surface area (Å²) < 4.78 is 40.4. The summed E-state index contributed by atoms with van der Waals surface area (Å²) in [4.78, 5) is 2.12. The lowest BCUT2D eigenvalue weighted by molar-refractivity contribution is 0.0683. The fourth-order valence-electron chi connectivity index (χ4n) is 2.69. The lowest BCUT2D eigenvalue weighted by atomic mass is 10.2. The van der Waals surface area contributed by atoms with Gasteiger partial charge in [0.05, 0.1) is 25.2 Å². The molecule has 0 saturated carbocycles. The molecule has 0 aromatic heterocycles. The second kappa shape index (κ2) is 7.88. The van der Waals surface area contributed by atoms with Crippen LogP contribution in [0.2, 0.25) is 0 Å². The highest BCUT2D eigenvalue weighted by Crippen LogP contribution is 2.19. The van der Waals surface area contributed by atoms with Gasteiger partial charge in [0.25, 0.3) is 10.0 Å². The maximum atomic E-state index is 12.8. The van der Waals surface area contributed by atoms with E-state index in [1.165, 1.54) is 0 Å². The number of hydrogen-bond donors (Lipinski definition) is 0. The topological polar surface area (TPSA) is 68.2 Å². The molecule has 3 rings (SSSR count). The minimum Gasteiger partial charge on any atom is -0.497 e. The monoisotopic (exact) mass is 374 g/mol. The lowest BCUT2D eigenvalue weighted by Gasteiger charge is -2.29. The smallest absolute Gasteiger partial charge is 0.284 e. The highest BCUT2D eigenvalue weighted by molar-refractivity contribution is 7.90.